The normalized spacial score (nSPS) is 10.4. The molecule has 21 heavy (non-hydrogen) atoms. The summed E-state index contributed by atoms with van der Waals surface area (Å²) >= 11 is 11.0. The molecule has 0 aliphatic carbocycles. The minimum Gasteiger partial charge on any atom is -0.468 e. The number of nitrogens with one attached hydrogen (secondary N) is 1. The van der Waals surface area contributed by atoms with Crippen molar-refractivity contribution in [3.63, 3.8) is 0 Å². The van der Waals surface area contributed by atoms with E-state index in [4.69, 9.17) is 11.6 Å². The summed E-state index contributed by atoms with van der Waals surface area (Å²) in [6.07, 6.45) is 1.41. The van der Waals surface area contributed by atoms with Crippen LogP contribution in [0.2, 0.25) is 5.02 Å². The smallest absolute Gasteiger partial charge is 0.327 e. The molecule has 0 fully saturated rings. The van der Waals surface area contributed by atoms with Crippen LogP contribution in [-0.4, -0.2) is 22.9 Å². The second-order valence-corrected chi connectivity index (χ2v) is 6.19. The number of ether oxygens (including phenoxy) is 1. The number of anilines is 1. The van der Waals surface area contributed by atoms with E-state index in [9.17, 15) is 9.59 Å². The highest BCUT2D eigenvalue weighted by atomic mass is 79.9. The molecule has 0 aromatic carbocycles. The minimum absolute atomic E-state index is 0.0124. The molecule has 2 heterocycles. The zero-order valence-electron chi connectivity index (χ0n) is 10.9. The maximum atomic E-state index is 12.0. The average molecular weight is 393 g/mol. The third-order valence-electron chi connectivity index (χ3n) is 2.62. The quantitative estimate of drug-likeness (QED) is 0.792. The molecule has 112 valence electrons. The number of thiophene rings is 1. The van der Waals surface area contributed by atoms with Gasteiger partial charge in [-0.3, -0.25) is 9.59 Å². The zero-order chi connectivity index (χ0) is 15.4. The molecule has 2 aromatic rings. The number of hydrogen-bond donors (Lipinski definition) is 1. The van der Waals surface area contributed by atoms with Crippen molar-refractivity contribution in [2.75, 3.05) is 12.4 Å². The van der Waals surface area contributed by atoms with Crippen LogP contribution in [0.4, 0.5) is 5.69 Å². The minimum atomic E-state index is -0.566. The summed E-state index contributed by atoms with van der Waals surface area (Å²) in [6, 6.07) is 1.94. The molecule has 1 N–H and O–H groups in total. The Labute approximate surface area is 137 Å². The zero-order valence-corrected chi connectivity index (χ0v) is 14.1. The van der Waals surface area contributed by atoms with Crippen LogP contribution in [0.15, 0.2) is 26.9 Å². The first-order chi connectivity index (χ1) is 10.0. The summed E-state index contributed by atoms with van der Waals surface area (Å²) in [7, 11) is 1.24. The van der Waals surface area contributed by atoms with Gasteiger partial charge in [-0.25, -0.2) is 4.68 Å². The Morgan fingerprint density at radius 3 is 3.00 bits per heavy atom. The van der Waals surface area contributed by atoms with E-state index < -0.39 is 11.5 Å². The van der Waals surface area contributed by atoms with Gasteiger partial charge in [0.25, 0.3) is 5.56 Å². The predicted molar refractivity (Wildman–Crippen MR) is 84.9 cm³/mol. The summed E-state index contributed by atoms with van der Waals surface area (Å²) < 4.78 is 6.44. The van der Waals surface area contributed by atoms with Crippen molar-refractivity contribution in [2.45, 2.75) is 13.1 Å². The van der Waals surface area contributed by atoms with Gasteiger partial charge in [0, 0.05) is 9.35 Å². The lowest BCUT2D eigenvalue weighted by Gasteiger charge is -2.09. The second-order valence-electron chi connectivity index (χ2n) is 3.96. The van der Waals surface area contributed by atoms with E-state index in [2.05, 4.69) is 31.1 Å². The Hall–Kier alpha value is -1.38. The lowest BCUT2D eigenvalue weighted by Crippen LogP contribution is -2.28. The van der Waals surface area contributed by atoms with E-state index >= 15 is 0 Å². The molecule has 6 nitrogen and oxygen atoms in total. The maximum Gasteiger partial charge on any atom is 0.327 e. The average Bonchev–Trinajstić information content (AvgIpc) is 2.88. The number of nitrogens with zero attached hydrogens (tertiary/aromatic N) is 2. The Morgan fingerprint density at radius 1 is 1.62 bits per heavy atom. The molecule has 2 rings (SSSR count). The maximum absolute atomic E-state index is 12.0. The summed E-state index contributed by atoms with van der Waals surface area (Å²) in [6.45, 7) is 0.242. The van der Waals surface area contributed by atoms with Gasteiger partial charge < -0.3 is 10.1 Å². The molecule has 0 aliphatic rings. The van der Waals surface area contributed by atoms with E-state index in [-0.39, 0.29) is 11.6 Å². The van der Waals surface area contributed by atoms with Gasteiger partial charge in [0.1, 0.15) is 11.6 Å². The highest BCUT2D eigenvalue weighted by Gasteiger charge is 2.12. The highest BCUT2D eigenvalue weighted by molar-refractivity contribution is 9.10. The molecule has 0 saturated carbocycles. The van der Waals surface area contributed by atoms with Crippen molar-refractivity contribution in [3.8, 4) is 0 Å². The fourth-order valence-electron chi connectivity index (χ4n) is 1.51. The molecule has 0 atom stereocenters. The van der Waals surface area contributed by atoms with Crippen LogP contribution >= 0.6 is 38.9 Å². The van der Waals surface area contributed by atoms with Gasteiger partial charge in [-0.05, 0) is 27.4 Å². The van der Waals surface area contributed by atoms with Crippen molar-refractivity contribution in [1.29, 1.82) is 0 Å². The highest BCUT2D eigenvalue weighted by Crippen LogP contribution is 2.24. The Kier molecular flexibility index (Phi) is 5.38. The first kappa shape index (κ1) is 16.0. The molecule has 0 bridgehead atoms. The van der Waals surface area contributed by atoms with Crippen LogP contribution in [0.1, 0.15) is 4.88 Å². The van der Waals surface area contributed by atoms with Gasteiger partial charge >= 0.3 is 5.97 Å². The third kappa shape index (κ3) is 3.84. The van der Waals surface area contributed by atoms with Crippen LogP contribution in [0.25, 0.3) is 0 Å². The van der Waals surface area contributed by atoms with Crippen molar-refractivity contribution in [3.05, 3.63) is 42.4 Å². The topological polar surface area (TPSA) is 73.2 Å². The lowest BCUT2D eigenvalue weighted by molar-refractivity contribution is -0.141. The van der Waals surface area contributed by atoms with Crippen molar-refractivity contribution in [1.82, 2.24) is 9.78 Å². The summed E-state index contributed by atoms with van der Waals surface area (Å²) in [5.41, 5.74) is -0.125. The standard InChI is InChI=1S/C12H11BrClN3O3S/c1-20-10(18)6-17-12(19)11(14)8(4-16-17)15-5-9-7(13)2-3-21-9/h2-4,15H,5-6H2,1H3. The van der Waals surface area contributed by atoms with Gasteiger partial charge in [0.2, 0.25) is 0 Å². The fraction of sp³-hybridized carbons (Fsp3) is 0.250. The van der Waals surface area contributed by atoms with Crippen LogP contribution in [0, 0.1) is 0 Å². The van der Waals surface area contributed by atoms with Crippen LogP contribution in [0.5, 0.6) is 0 Å². The third-order valence-corrected chi connectivity index (χ3v) is 4.91. The van der Waals surface area contributed by atoms with Gasteiger partial charge in [0.15, 0.2) is 0 Å². The number of esters is 1. The molecular formula is C12H11BrClN3O3S. The van der Waals surface area contributed by atoms with Gasteiger partial charge in [-0.15, -0.1) is 11.3 Å². The number of methoxy groups -OCH3 is 1. The number of aromatic nitrogens is 2. The molecule has 0 amide bonds. The first-order valence-corrected chi connectivity index (χ1v) is 7.86. The first-order valence-electron chi connectivity index (χ1n) is 5.81. The Balaban J connectivity index is 2.15. The Bertz CT molecular complexity index is 716. The van der Waals surface area contributed by atoms with E-state index in [1.165, 1.54) is 13.3 Å². The summed E-state index contributed by atoms with van der Waals surface area (Å²) in [5.74, 6) is -0.566. The van der Waals surface area contributed by atoms with Crippen LogP contribution in [-0.2, 0) is 22.6 Å². The van der Waals surface area contributed by atoms with E-state index in [0.29, 0.717) is 12.2 Å². The SMILES string of the molecule is COC(=O)Cn1ncc(NCc2sccc2Br)c(Cl)c1=O. The molecule has 0 radical (unpaired) electrons. The lowest BCUT2D eigenvalue weighted by atomic mass is 10.4. The molecular weight excluding hydrogens is 382 g/mol. The van der Waals surface area contributed by atoms with Crippen molar-refractivity contribution < 1.29 is 9.53 Å². The van der Waals surface area contributed by atoms with Gasteiger partial charge in [-0.1, -0.05) is 11.6 Å². The monoisotopic (exact) mass is 391 g/mol. The number of hydrogen-bond acceptors (Lipinski definition) is 6. The largest absolute Gasteiger partial charge is 0.468 e. The van der Waals surface area contributed by atoms with Crippen molar-refractivity contribution >= 4 is 50.5 Å². The second kappa shape index (κ2) is 7.06. The number of carbonyl (C=O) groups is 1. The van der Waals surface area contributed by atoms with E-state index in [1.807, 2.05) is 11.4 Å². The van der Waals surface area contributed by atoms with E-state index in [1.54, 1.807) is 11.3 Å². The fourth-order valence-corrected chi connectivity index (χ4v) is 3.16. The Morgan fingerprint density at radius 2 is 2.38 bits per heavy atom. The van der Waals surface area contributed by atoms with Crippen molar-refractivity contribution in [2.24, 2.45) is 0 Å². The van der Waals surface area contributed by atoms with E-state index in [0.717, 1.165) is 14.0 Å². The number of rotatable bonds is 5. The molecule has 0 spiro atoms. The molecule has 0 saturated heterocycles. The predicted octanol–water partition coefficient (Wildman–Crippen LogP) is 2.51. The van der Waals surface area contributed by atoms with Crippen LogP contribution in [0.3, 0.4) is 0 Å². The summed E-state index contributed by atoms with van der Waals surface area (Å²) in [5, 5.41) is 8.89. The summed E-state index contributed by atoms with van der Waals surface area (Å²) in [4.78, 5) is 24.2. The van der Waals surface area contributed by atoms with Crippen LogP contribution < -0.4 is 10.9 Å². The number of halogens is 2. The molecule has 2 aromatic heterocycles. The number of carbonyl (C=O) groups excluding carboxylic acids is 1. The molecule has 0 unspecified atom stereocenters. The molecule has 9 heteroatoms. The van der Waals surface area contributed by atoms with Gasteiger partial charge in [-0.2, -0.15) is 5.10 Å². The molecule has 0 aliphatic heterocycles. The van der Waals surface area contributed by atoms with Gasteiger partial charge in [0.05, 0.1) is 25.5 Å².